The number of hydrogen-bond donors (Lipinski definition) is 3. The molecule has 0 aromatic heterocycles. The maximum absolute atomic E-state index is 12.2. The van der Waals surface area contributed by atoms with Crippen molar-refractivity contribution in [1.82, 2.24) is 10.6 Å². The first-order valence-corrected chi connectivity index (χ1v) is 8.66. The molecule has 3 unspecified atom stereocenters. The molecule has 1 aromatic rings. The number of hydrogen-bond acceptors (Lipinski definition) is 3. The lowest BCUT2D eigenvalue weighted by atomic mass is 9.81. The molecule has 134 valence electrons. The molecule has 0 aliphatic carbocycles. The monoisotopic (exact) mass is 334 g/mol. The van der Waals surface area contributed by atoms with Crippen LogP contribution in [0, 0.1) is 11.3 Å². The van der Waals surface area contributed by atoms with E-state index in [9.17, 15) is 9.90 Å². The smallest absolute Gasteiger partial charge is 0.315 e. The van der Waals surface area contributed by atoms with E-state index in [1.165, 1.54) is 0 Å². The molecule has 0 spiro atoms. The molecular weight excluding hydrogens is 304 g/mol. The fourth-order valence-electron chi connectivity index (χ4n) is 3.27. The summed E-state index contributed by atoms with van der Waals surface area (Å²) in [6.07, 6.45) is -0.467. The van der Waals surface area contributed by atoms with Crippen molar-refractivity contribution in [3.8, 4) is 5.75 Å². The second-order valence-corrected chi connectivity index (χ2v) is 7.75. The number of aliphatic hydroxyl groups is 1. The average Bonchev–Trinajstić information content (AvgIpc) is 2.96. The number of ether oxygens (including phenoxy) is 1. The molecule has 0 radical (unpaired) electrons. The Bertz CT molecular complexity index is 571. The minimum absolute atomic E-state index is 0.0354. The number of rotatable bonds is 6. The molecule has 2 rings (SSSR count). The molecule has 1 aliphatic rings. The molecule has 0 bridgehead atoms. The topological polar surface area (TPSA) is 70.6 Å². The molecule has 24 heavy (non-hydrogen) atoms. The number of urea groups is 1. The number of fused-ring (bicyclic) bond motifs is 1. The summed E-state index contributed by atoms with van der Waals surface area (Å²) < 4.78 is 5.68. The van der Waals surface area contributed by atoms with Gasteiger partial charge in [0.1, 0.15) is 5.75 Å². The first-order valence-electron chi connectivity index (χ1n) is 8.66. The van der Waals surface area contributed by atoms with Crippen molar-refractivity contribution in [2.24, 2.45) is 11.3 Å². The Balaban J connectivity index is 1.87. The van der Waals surface area contributed by atoms with Gasteiger partial charge >= 0.3 is 6.03 Å². The van der Waals surface area contributed by atoms with Crippen LogP contribution in [0.5, 0.6) is 5.75 Å². The van der Waals surface area contributed by atoms with Gasteiger partial charge in [-0.2, -0.15) is 0 Å². The molecule has 1 aliphatic heterocycles. The maximum atomic E-state index is 12.2. The van der Waals surface area contributed by atoms with Gasteiger partial charge in [0, 0.05) is 29.5 Å². The molecule has 3 atom stereocenters. The van der Waals surface area contributed by atoms with Gasteiger partial charge in [0.2, 0.25) is 0 Å². The van der Waals surface area contributed by atoms with E-state index in [0.29, 0.717) is 13.2 Å². The Morgan fingerprint density at radius 3 is 2.67 bits per heavy atom. The van der Waals surface area contributed by atoms with E-state index in [2.05, 4.69) is 10.6 Å². The summed E-state index contributed by atoms with van der Waals surface area (Å²) in [6.45, 7) is 10.9. The van der Waals surface area contributed by atoms with Crippen molar-refractivity contribution < 1.29 is 14.6 Å². The lowest BCUT2D eigenvalue weighted by Crippen LogP contribution is -2.49. The Kier molecular flexibility index (Phi) is 5.75. The minimum Gasteiger partial charge on any atom is -0.493 e. The largest absolute Gasteiger partial charge is 0.493 e. The molecule has 0 saturated carbocycles. The van der Waals surface area contributed by atoms with E-state index in [-0.39, 0.29) is 29.3 Å². The van der Waals surface area contributed by atoms with E-state index < -0.39 is 6.10 Å². The Morgan fingerprint density at radius 1 is 1.33 bits per heavy atom. The summed E-state index contributed by atoms with van der Waals surface area (Å²) in [6, 6.07) is 7.70. The van der Waals surface area contributed by atoms with Gasteiger partial charge in [0.15, 0.2) is 0 Å². The fourth-order valence-corrected chi connectivity index (χ4v) is 3.27. The number of amides is 2. The fraction of sp³-hybridized carbons (Fsp3) is 0.632. The Hall–Kier alpha value is -1.75. The highest BCUT2D eigenvalue weighted by molar-refractivity contribution is 5.74. The molecule has 1 aromatic carbocycles. The second kappa shape index (κ2) is 7.43. The zero-order valence-corrected chi connectivity index (χ0v) is 15.3. The van der Waals surface area contributed by atoms with Crippen LogP contribution >= 0.6 is 0 Å². The van der Waals surface area contributed by atoms with Crippen LogP contribution in [0.2, 0.25) is 0 Å². The number of aliphatic hydroxyl groups excluding tert-OH is 1. The Labute approximate surface area is 144 Å². The van der Waals surface area contributed by atoms with Crippen molar-refractivity contribution in [3.63, 3.8) is 0 Å². The zero-order chi connectivity index (χ0) is 17.9. The summed E-state index contributed by atoms with van der Waals surface area (Å²) in [5, 5.41) is 16.1. The average molecular weight is 334 g/mol. The summed E-state index contributed by atoms with van der Waals surface area (Å²) in [7, 11) is 0. The van der Waals surface area contributed by atoms with Crippen molar-refractivity contribution in [1.29, 1.82) is 0 Å². The SMILES string of the molecule is CC(C)C(O)C(C)(C)CNC(=O)NC(C)C1COc2ccccc21. The third-order valence-corrected chi connectivity index (χ3v) is 4.84. The third kappa shape index (κ3) is 4.20. The normalized spacial score (nSPS) is 19.4. The van der Waals surface area contributed by atoms with E-state index in [4.69, 9.17) is 4.74 Å². The first kappa shape index (κ1) is 18.6. The zero-order valence-electron chi connectivity index (χ0n) is 15.3. The van der Waals surface area contributed by atoms with Gasteiger partial charge in [-0.15, -0.1) is 0 Å². The number of nitrogens with one attached hydrogen (secondary N) is 2. The van der Waals surface area contributed by atoms with Crippen LogP contribution in [-0.2, 0) is 0 Å². The number of benzene rings is 1. The summed E-state index contributed by atoms with van der Waals surface area (Å²) in [5.74, 6) is 1.20. The molecule has 2 amide bonds. The molecule has 1 heterocycles. The van der Waals surface area contributed by atoms with Gasteiger partial charge in [-0.05, 0) is 18.9 Å². The maximum Gasteiger partial charge on any atom is 0.315 e. The van der Waals surface area contributed by atoms with Crippen molar-refractivity contribution in [2.75, 3.05) is 13.2 Å². The highest BCUT2D eigenvalue weighted by Crippen LogP contribution is 2.35. The van der Waals surface area contributed by atoms with Gasteiger partial charge in [-0.1, -0.05) is 45.9 Å². The van der Waals surface area contributed by atoms with Gasteiger partial charge < -0.3 is 20.5 Å². The van der Waals surface area contributed by atoms with Crippen molar-refractivity contribution >= 4 is 6.03 Å². The van der Waals surface area contributed by atoms with E-state index in [1.807, 2.05) is 58.9 Å². The highest BCUT2D eigenvalue weighted by Gasteiger charge is 2.32. The van der Waals surface area contributed by atoms with Gasteiger partial charge in [0.05, 0.1) is 12.7 Å². The lowest BCUT2D eigenvalue weighted by Gasteiger charge is -2.33. The summed E-state index contributed by atoms with van der Waals surface area (Å²) in [5.41, 5.74) is 0.763. The standard InChI is InChI=1S/C19H30N2O3/c1-12(2)17(22)19(4,5)11-20-18(23)21-13(3)15-10-24-16-9-7-6-8-14(15)16/h6-9,12-13,15,17,22H,10-11H2,1-5H3,(H2,20,21,23). The Morgan fingerprint density at radius 2 is 2.00 bits per heavy atom. The predicted molar refractivity (Wildman–Crippen MR) is 95.3 cm³/mol. The molecule has 0 fully saturated rings. The molecule has 5 heteroatoms. The van der Waals surface area contributed by atoms with Crippen LogP contribution in [0.4, 0.5) is 4.79 Å². The van der Waals surface area contributed by atoms with Crippen LogP contribution in [-0.4, -0.2) is 36.4 Å². The first-order chi connectivity index (χ1) is 11.2. The predicted octanol–water partition coefficient (Wildman–Crippen LogP) is 2.89. The highest BCUT2D eigenvalue weighted by atomic mass is 16.5. The molecule has 0 saturated heterocycles. The van der Waals surface area contributed by atoms with Crippen LogP contribution in [0.3, 0.4) is 0 Å². The van der Waals surface area contributed by atoms with Crippen LogP contribution < -0.4 is 15.4 Å². The molecule has 3 N–H and O–H groups in total. The van der Waals surface area contributed by atoms with Gasteiger partial charge in [0.25, 0.3) is 0 Å². The summed E-state index contributed by atoms with van der Waals surface area (Å²) >= 11 is 0. The molecule has 5 nitrogen and oxygen atoms in total. The van der Waals surface area contributed by atoms with Crippen LogP contribution in [0.25, 0.3) is 0 Å². The lowest BCUT2D eigenvalue weighted by molar-refractivity contribution is 0.0151. The van der Waals surface area contributed by atoms with Crippen LogP contribution in [0.15, 0.2) is 24.3 Å². The minimum atomic E-state index is -0.467. The summed E-state index contributed by atoms with van der Waals surface area (Å²) in [4.78, 5) is 12.2. The van der Waals surface area contributed by atoms with E-state index in [0.717, 1.165) is 11.3 Å². The third-order valence-electron chi connectivity index (χ3n) is 4.84. The number of carbonyl (C=O) groups excluding carboxylic acids is 1. The molecular formula is C19H30N2O3. The van der Waals surface area contributed by atoms with Crippen molar-refractivity contribution in [2.45, 2.75) is 52.7 Å². The number of carbonyl (C=O) groups is 1. The van der Waals surface area contributed by atoms with Gasteiger partial charge in [-0.3, -0.25) is 0 Å². The second-order valence-electron chi connectivity index (χ2n) is 7.75. The van der Waals surface area contributed by atoms with Crippen molar-refractivity contribution in [3.05, 3.63) is 29.8 Å². The number of para-hydroxylation sites is 1. The van der Waals surface area contributed by atoms with E-state index >= 15 is 0 Å². The quantitative estimate of drug-likeness (QED) is 0.749. The van der Waals surface area contributed by atoms with Gasteiger partial charge in [-0.25, -0.2) is 4.79 Å². The van der Waals surface area contributed by atoms with Crippen LogP contribution in [0.1, 0.15) is 46.1 Å². The van der Waals surface area contributed by atoms with E-state index in [1.54, 1.807) is 0 Å².